The number of carbonyl (C=O) groups is 1. The Bertz CT molecular complexity index is 601. The topological polar surface area (TPSA) is 92.8 Å². The normalized spacial score (nSPS) is 33.6. The minimum atomic E-state index is -0.639. The molecule has 0 aromatic rings. The first-order chi connectivity index (χ1) is 14.2. The molecule has 1 amide bonds. The number of nitrogens with zero attached hydrogens (tertiary/aromatic N) is 2. The summed E-state index contributed by atoms with van der Waals surface area (Å²) in [5, 5.41) is 8.44. The van der Waals surface area contributed by atoms with Crippen molar-refractivity contribution in [2.24, 2.45) is 10.9 Å². The van der Waals surface area contributed by atoms with E-state index in [0.717, 1.165) is 45.2 Å². The fraction of sp³-hybridized carbons (Fsp3) is 0.905. The van der Waals surface area contributed by atoms with Gasteiger partial charge in [0.1, 0.15) is 18.4 Å². The zero-order valence-electron chi connectivity index (χ0n) is 18.9. The molecule has 8 nitrogen and oxygen atoms in total. The first-order valence-electron chi connectivity index (χ1n) is 11.6. The van der Waals surface area contributed by atoms with E-state index < -0.39 is 6.17 Å². The maximum atomic E-state index is 13.5. The van der Waals surface area contributed by atoms with E-state index in [4.69, 9.17) is 4.99 Å². The van der Waals surface area contributed by atoms with Crippen molar-refractivity contribution in [3.63, 3.8) is 0 Å². The Morgan fingerprint density at radius 1 is 1.17 bits per heavy atom. The van der Waals surface area contributed by atoms with Gasteiger partial charge in [-0.1, -0.05) is 6.92 Å². The number of carbonyl (C=O) groups excluding carboxylic acids is 1. The van der Waals surface area contributed by atoms with Crippen LogP contribution in [0.15, 0.2) is 4.99 Å². The summed E-state index contributed by atoms with van der Waals surface area (Å²) < 4.78 is 13.5. The van der Waals surface area contributed by atoms with Crippen LogP contribution in [-0.2, 0) is 4.79 Å². The molecule has 3 rings (SSSR count). The predicted molar refractivity (Wildman–Crippen MR) is 117 cm³/mol. The van der Waals surface area contributed by atoms with Crippen molar-refractivity contribution in [1.29, 1.82) is 0 Å². The predicted octanol–water partition coefficient (Wildman–Crippen LogP) is 1.56. The number of hydrogen-bond acceptors (Lipinski definition) is 6. The summed E-state index contributed by atoms with van der Waals surface area (Å²) in [4.78, 5) is 17.6. The molecule has 0 radical (unpaired) electrons. The molecule has 0 bridgehead atoms. The number of alkyl halides is 1. The fourth-order valence-corrected chi connectivity index (χ4v) is 4.52. The largest absolute Gasteiger partial charge is 0.351 e. The summed E-state index contributed by atoms with van der Waals surface area (Å²) in [6.45, 7) is 10.1. The Kier molecular flexibility index (Phi) is 8.06. The lowest BCUT2D eigenvalue weighted by Crippen LogP contribution is -2.54. The SMILES string of the molecule is CCCN1CCC(C(=O)N/C(=N/C2CC(C3CCC(F)CC3)NN2)NC(C)(C)C)N1. The molecule has 172 valence electrons. The second-order valence-corrected chi connectivity index (χ2v) is 9.96. The summed E-state index contributed by atoms with van der Waals surface area (Å²) in [6, 6.07) is 0.0544. The molecule has 1 saturated carbocycles. The van der Waals surface area contributed by atoms with Gasteiger partial charge in [0.25, 0.3) is 0 Å². The third-order valence-electron chi connectivity index (χ3n) is 6.04. The van der Waals surface area contributed by atoms with Crippen molar-refractivity contribution in [2.75, 3.05) is 13.1 Å². The molecule has 9 heteroatoms. The van der Waals surface area contributed by atoms with Crippen molar-refractivity contribution in [3.05, 3.63) is 0 Å². The van der Waals surface area contributed by atoms with E-state index in [1.165, 1.54) is 0 Å². The van der Waals surface area contributed by atoms with Gasteiger partial charge in [0.2, 0.25) is 5.91 Å². The molecule has 2 heterocycles. The third kappa shape index (κ3) is 6.87. The lowest BCUT2D eigenvalue weighted by Gasteiger charge is -2.28. The van der Waals surface area contributed by atoms with E-state index in [1.54, 1.807) is 0 Å². The van der Waals surface area contributed by atoms with Gasteiger partial charge >= 0.3 is 0 Å². The van der Waals surface area contributed by atoms with E-state index in [0.29, 0.717) is 24.7 Å². The van der Waals surface area contributed by atoms with Crippen LogP contribution in [0, 0.1) is 5.92 Å². The number of rotatable bonds is 5. The number of halogens is 1. The molecule has 3 aliphatic rings. The fourth-order valence-electron chi connectivity index (χ4n) is 4.52. The van der Waals surface area contributed by atoms with Gasteiger partial charge in [0.05, 0.1) is 0 Å². The average Bonchev–Trinajstić information content (AvgIpc) is 3.31. The third-order valence-corrected chi connectivity index (χ3v) is 6.04. The summed E-state index contributed by atoms with van der Waals surface area (Å²) in [7, 11) is 0. The Balaban J connectivity index is 1.58. The highest BCUT2D eigenvalue weighted by Gasteiger charge is 2.34. The van der Waals surface area contributed by atoms with Crippen LogP contribution in [-0.4, -0.2) is 59.9 Å². The molecule has 3 fully saturated rings. The molecule has 3 unspecified atom stereocenters. The molecule has 0 aromatic heterocycles. The number of amides is 1. The van der Waals surface area contributed by atoms with Crippen LogP contribution in [0.5, 0.6) is 0 Å². The van der Waals surface area contributed by atoms with E-state index >= 15 is 0 Å². The Hall–Kier alpha value is -1.29. The van der Waals surface area contributed by atoms with Crippen LogP contribution < -0.4 is 26.9 Å². The van der Waals surface area contributed by atoms with Crippen LogP contribution in [0.2, 0.25) is 0 Å². The first kappa shape index (κ1) is 23.4. The molecular weight excluding hydrogens is 385 g/mol. The molecule has 5 N–H and O–H groups in total. The van der Waals surface area contributed by atoms with Crippen LogP contribution >= 0.6 is 0 Å². The van der Waals surface area contributed by atoms with Gasteiger partial charge in [-0.05, 0) is 65.2 Å². The van der Waals surface area contributed by atoms with Crippen LogP contribution in [0.4, 0.5) is 4.39 Å². The minimum absolute atomic E-state index is 0.0622. The molecule has 1 aliphatic carbocycles. The van der Waals surface area contributed by atoms with E-state index in [2.05, 4.69) is 38.8 Å². The summed E-state index contributed by atoms with van der Waals surface area (Å²) in [5.41, 5.74) is 9.66. The van der Waals surface area contributed by atoms with Gasteiger partial charge in [-0.3, -0.25) is 15.5 Å². The van der Waals surface area contributed by atoms with Crippen LogP contribution in [0.1, 0.15) is 72.6 Å². The number of guanidine groups is 1. The second-order valence-electron chi connectivity index (χ2n) is 9.96. The number of hydrogen-bond donors (Lipinski definition) is 5. The van der Waals surface area contributed by atoms with E-state index in [-0.39, 0.29) is 29.7 Å². The van der Waals surface area contributed by atoms with Crippen molar-refractivity contribution in [1.82, 2.24) is 31.9 Å². The van der Waals surface area contributed by atoms with Gasteiger partial charge < -0.3 is 5.32 Å². The molecule has 2 aliphatic heterocycles. The van der Waals surface area contributed by atoms with E-state index in [1.807, 2.05) is 20.8 Å². The van der Waals surface area contributed by atoms with Crippen molar-refractivity contribution in [3.8, 4) is 0 Å². The average molecular weight is 426 g/mol. The molecule has 3 atom stereocenters. The maximum Gasteiger partial charge on any atom is 0.245 e. The van der Waals surface area contributed by atoms with Gasteiger partial charge in [-0.2, -0.15) is 0 Å². The highest BCUT2D eigenvalue weighted by Crippen LogP contribution is 2.31. The molecule has 30 heavy (non-hydrogen) atoms. The van der Waals surface area contributed by atoms with E-state index in [9.17, 15) is 9.18 Å². The van der Waals surface area contributed by atoms with Gasteiger partial charge in [0.15, 0.2) is 5.96 Å². The number of hydrazine groups is 2. The summed E-state index contributed by atoms with van der Waals surface area (Å²) in [6.07, 6.45) is 5.06. The number of nitrogens with one attached hydrogen (secondary N) is 5. The molecular formula is C21H40FN7O. The Morgan fingerprint density at radius 3 is 2.57 bits per heavy atom. The summed E-state index contributed by atoms with van der Waals surface area (Å²) >= 11 is 0. The Labute approximate surface area is 180 Å². The zero-order valence-corrected chi connectivity index (χ0v) is 18.9. The quantitative estimate of drug-likeness (QED) is 0.339. The molecule has 2 saturated heterocycles. The highest BCUT2D eigenvalue weighted by molar-refractivity contribution is 5.99. The summed E-state index contributed by atoms with van der Waals surface area (Å²) in [5.74, 6) is 0.911. The van der Waals surface area contributed by atoms with Crippen LogP contribution in [0.3, 0.4) is 0 Å². The minimum Gasteiger partial charge on any atom is -0.351 e. The monoisotopic (exact) mass is 425 g/mol. The van der Waals surface area contributed by atoms with Crippen molar-refractivity contribution >= 4 is 11.9 Å². The van der Waals surface area contributed by atoms with Crippen molar-refractivity contribution in [2.45, 2.75) is 103 Å². The standard InChI is InChI=1S/C21H40FN7O/c1-5-11-29-12-10-16(28-29)19(30)24-20(25-21(2,3)4)23-18-13-17(26-27-18)14-6-8-15(22)9-7-14/h14-18,26-28H,5-13H2,1-4H3,(H2,23,24,25,30). The lowest BCUT2D eigenvalue weighted by atomic mass is 9.82. The second kappa shape index (κ2) is 10.3. The first-order valence-corrected chi connectivity index (χ1v) is 11.6. The number of aliphatic imine (C=N–C) groups is 1. The van der Waals surface area contributed by atoms with Gasteiger partial charge in [0, 0.05) is 31.1 Å². The van der Waals surface area contributed by atoms with Crippen LogP contribution in [0.25, 0.3) is 0 Å². The smallest absolute Gasteiger partial charge is 0.245 e. The zero-order chi connectivity index (χ0) is 21.7. The maximum absolute atomic E-state index is 13.5. The van der Waals surface area contributed by atoms with Gasteiger partial charge in [-0.15, -0.1) is 0 Å². The Morgan fingerprint density at radius 2 is 1.90 bits per heavy atom. The highest BCUT2D eigenvalue weighted by atomic mass is 19.1. The lowest BCUT2D eigenvalue weighted by molar-refractivity contribution is -0.121. The molecule has 0 aromatic carbocycles. The van der Waals surface area contributed by atoms with Gasteiger partial charge in [-0.25, -0.2) is 25.2 Å². The van der Waals surface area contributed by atoms with Crippen molar-refractivity contribution < 1.29 is 9.18 Å². The molecule has 0 spiro atoms.